The van der Waals surface area contributed by atoms with Gasteiger partial charge < -0.3 is 5.32 Å². The van der Waals surface area contributed by atoms with Crippen LogP contribution < -0.4 is 5.32 Å². The van der Waals surface area contributed by atoms with E-state index in [1.807, 2.05) is 0 Å². The highest BCUT2D eigenvalue weighted by atomic mass is 35.5. The first kappa shape index (κ1) is 17.1. The highest BCUT2D eigenvalue weighted by molar-refractivity contribution is 7.99. The number of anilines is 1. The summed E-state index contributed by atoms with van der Waals surface area (Å²) in [6, 6.07) is 1.76. The van der Waals surface area contributed by atoms with Crippen molar-refractivity contribution in [1.29, 1.82) is 0 Å². The van der Waals surface area contributed by atoms with Gasteiger partial charge in [0.05, 0.1) is 37.6 Å². The van der Waals surface area contributed by atoms with Gasteiger partial charge in [0, 0.05) is 0 Å². The van der Waals surface area contributed by atoms with E-state index in [0.29, 0.717) is 11.2 Å². The Hall–Kier alpha value is -0.730. The van der Waals surface area contributed by atoms with Crippen LogP contribution in [-0.2, 0) is 4.79 Å². The summed E-state index contributed by atoms with van der Waals surface area (Å²) >= 11 is 25.2. The number of nitrogens with zero attached hydrogens (tertiary/aromatic N) is 4. The number of hydrogen-bond donors (Lipinski definition) is 1. The molecule has 0 radical (unpaired) electrons. The summed E-state index contributed by atoms with van der Waals surface area (Å²) in [4.78, 5) is 12.1. The Morgan fingerprint density at radius 3 is 2.52 bits per heavy atom. The summed E-state index contributed by atoms with van der Waals surface area (Å²) in [6.45, 7) is 0. The normalized spacial score (nSPS) is 14.1. The largest absolute Gasteiger partial charge is 0.323 e. The number of halogens is 4. The number of carbonyl (C=O) groups excluding carboxylic acids is 1. The van der Waals surface area contributed by atoms with Crippen molar-refractivity contribution in [2.75, 3.05) is 11.1 Å². The van der Waals surface area contributed by atoms with Crippen molar-refractivity contribution in [2.45, 2.75) is 24.0 Å². The Kier molecular flexibility index (Phi) is 5.22. The average Bonchev–Trinajstić information content (AvgIpc) is 3.26. The number of thioether (sulfide) groups is 1. The molecule has 0 aliphatic heterocycles. The van der Waals surface area contributed by atoms with Crippen molar-refractivity contribution in [3.63, 3.8) is 0 Å². The predicted molar refractivity (Wildman–Crippen MR) is 91.9 cm³/mol. The predicted octanol–water partition coefficient (Wildman–Crippen LogP) is 4.35. The zero-order chi connectivity index (χ0) is 16.6. The molecule has 1 heterocycles. The lowest BCUT2D eigenvalue weighted by Crippen LogP contribution is -2.15. The number of amides is 1. The van der Waals surface area contributed by atoms with E-state index >= 15 is 0 Å². The molecule has 1 fully saturated rings. The van der Waals surface area contributed by atoms with Crippen molar-refractivity contribution in [3.8, 4) is 0 Å². The van der Waals surface area contributed by atoms with E-state index < -0.39 is 0 Å². The van der Waals surface area contributed by atoms with Crippen LogP contribution in [-0.4, -0.2) is 31.9 Å². The van der Waals surface area contributed by atoms with E-state index in [2.05, 4.69) is 20.8 Å². The molecule has 0 saturated heterocycles. The van der Waals surface area contributed by atoms with Crippen LogP contribution in [0.4, 0.5) is 5.69 Å². The molecule has 1 aromatic carbocycles. The van der Waals surface area contributed by atoms with Crippen LogP contribution in [0.5, 0.6) is 0 Å². The SMILES string of the molecule is O=C(CSc1nnnn1C1CC1)Nc1c(Cl)c(Cl)cc(Cl)c1Cl. The second-order valence-corrected chi connectivity index (χ2v) is 7.33. The molecule has 11 heteroatoms. The monoisotopic (exact) mass is 411 g/mol. The second-order valence-electron chi connectivity index (χ2n) is 4.82. The van der Waals surface area contributed by atoms with Gasteiger partial charge >= 0.3 is 0 Å². The molecule has 0 bridgehead atoms. The van der Waals surface area contributed by atoms with E-state index in [1.165, 1.54) is 17.8 Å². The molecule has 2 aromatic rings. The molecule has 23 heavy (non-hydrogen) atoms. The van der Waals surface area contributed by atoms with Crippen molar-refractivity contribution >= 4 is 69.8 Å². The number of nitrogens with one attached hydrogen (secondary N) is 1. The van der Waals surface area contributed by atoms with Crippen LogP contribution in [0.1, 0.15) is 18.9 Å². The van der Waals surface area contributed by atoms with E-state index in [1.54, 1.807) is 4.68 Å². The molecule has 1 aromatic heterocycles. The first-order valence-corrected chi connectivity index (χ1v) is 9.00. The first-order chi connectivity index (χ1) is 11.0. The molecule has 3 rings (SSSR count). The van der Waals surface area contributed by atoms with E-state index in [0.717, 1.165) is 12.8 Å². The smallest absolute Gasteiger partial charge is 0.234 e. The zero-order valence-corrected chi connectivity index (χ0v) is 15.2. The number of benzene rings is 1. The molecule has 1 saturated carbocycles. The minimum atomic E-state index is -0.317. The Balaban J connectivity index is 1.67. The van der Waals surface area contributed by atoms with E-state index in [9.17, 15) is 4.79 Å². The van der Waals surface area contributed by atoms with Crippen LogP contribution >= 0.6 is 58.2 Å². The third-order valence-electron chi connectivity index (χ3n) is 3.06. The molecule has 0 atom stereocenters. The summed E-state index contributed by atoms with van der Waals surface area (Å²) in [5, 5.41) is 15.4. The van der Waals surface area contributed by atoms with Crippen molar-refractivity contribution in [1.82, 2.24) is 20.2 Å². The summed E-state index contributed by atoms with van der Waals surface area (Å²) < 4.78 is 1.73. The standard InChI is InChI=1S/C12H9Cl4N5OS/c13-6-3-7(14)10(16)11(9(6)15)17-8(22)4-23-12-18-19-20-21(12)5-1-2-5/h3,5H,1-2,4H2,(H,17,22). The topological polar surface area (TPSA) is 72.7 Å². The lowest BCUT2D eigenvalue weighted by atomic mass is 10.3. The van der Waals surface area contributed by atoms with Crippen LogP contribution in [0.25, 0.3) is 0 Å². The number of carbonyl (C=O) groups is 1. The first-order valence-electron chi connectivity index (χ1n) is 6.51. The zero-order valence-electron chi connectivity index (χ0n) is 11.4. The Labute approximate surface area is 155 Å². The maximum Gasteiger partial charge on any atom is 0.234 e. The summed E-state index contributed by atoms with van der Waals surface area (Å²) in [5.74, 6) is -0.216. The summed E-state index contributed by atoms with van der Waals surface area (Å²) in [6.07, 6.45) is 2.11. The van der Waals surface area contributed by atoms with Gasteiger partial charge in [0.25, 0.3) is 0 Å². The van der Waals surface area contributed by atoms with E-state index in [-0.39, 0.29) is 37.4 Å². The maximum atomic E-state index is 12.1. The number of hydrogen-bond acceptors (Lipinski definition) is 5. The molecular formula is C12H9Cl4N5OS. The highest BCUT2D eigenvalue weighted by Gasteiger charge is 2.28. The molecule has 122 valence electrons. The van der Waals surface area contributed by atoms with Crippen molar-refractivity contribution in [2.24, 2.45) is 0 Å². The van der Waals surface area contributed by atoms with Crippen LogP contribution in [0.3, 0.4) is 0 Å². The molecule has 1 aliphatic rings. The molecule has 0 unspecified atom stereocenters. The Morgan fingerprint density at radius 1 is 1.26 bits per heavy atom. The third-order valence-corrected chi connectivity index (χ3v) is 5.57. The van der Waals surface area contributed by atoms with Crippen molar-refractivity contribution in [3.05, 3.63) is 26.2 Å². The van der Waals surface area contributed by atoms with Crippen molar-refractivity contribution < 1.29 is 4.79 Å². The highest BCUT2D eigenvalue weighted by Crippen LogP contribution is 2.41. The van der Waals surface area contributed by atoms with Gasteiger partial charge in [-0.15, -0.1) is 5.10 Å². The minimum absolute atomic E-state index is 0.101. The fraction of sp³-hybridized carbons (Fsp3) is 0.333. The number of rotatable bonds is 5. The van der Waals surface area contributed by atoms with Crippen LogP contribution in [0.2, 0.25) is 20.1 Å². The van der Waals surface area contributed by atoms with Gasteiger partial charge in [-0.1, -0.05) is 58.2 Å². The van der Waals surface area contributed by atoms with Gasteiger partial charge in [-0.2, -0.15) is 0 Å². The Morgan fingerprint density at radius 2 is 1.91 bits per heavy atom. The van der Waals surface area contributed by atoms with Crippen LogP contribution in [0, 0.1) is 0 Å². The molecule has 0 spiro atoms. The van der Waals surface area contributed by atoms with Gasteiger partial charge in [0.2, 0.25) is 11.1 Å². The number of aromatic nitrogens is 4. The summed E-state index contributed by atoms with van der Waals surface area (Å²) in [7, 11) is 0. The molecular weight excluding hydrogens is 404 g/mol. The summed E-state index contributed by atoms with van der Waals surface area (Å²) in [5.41, 5.74) is 0.193. The fourth-order valence-electron chi connectivity index (χ4n) is 1.82. The average molecular weight is 413 g/mol. The minimum Gasteiger partial charge on any atom is -0.323 e. The van der Waals surface area contributed by atoms with Gasteiger partial charge in [0.15, 0.2) is 0 Å². The van der Waals surface area contributed by atoms with E-state index in [4.69, 9.17) is 46.4 Å². The lowest BCUT2D eigenvalue weighted by molar-refractivity contribution is -0.113. The molecule has 1 aliphatic carbocycles. The van der Waals surface area contributed by atoms with Crippen LogP contribution in [0.15, 0.2) is 11.2 Å². The number of tetrazole rings is 1. The van der Waals surface area contributed by atoms with Gasteiger partial charge in [0.1, 0.15) is 0 Å². The fourth-order valence-corrected chi connectivity index (χ4v) is 3.47. The van der Waals surface area contributed by atoms with Gasteiger partial charge in [-0.25, -0.2) is 4.68 Å². The Bertz CT molecular complexity index is 738. The molecule has 1 amide bonds. The van der Waals surface area contributed by atoms with Gasteiger partial charge in [-0.3, -0.25) is 4.79 Å². The third kappa shape index (κ3) is 3.85. The quantitative estimate of drug-likeness (QED) is 0.583. The molecule has 1 N–H and O–H groups in total. The van der Waals surface area contributed by atoms with Gasteiger partial charge in [-0.05, 0) is 29.3 Å². The molecule has 6 nitrogen and oxygen atoms in total. The second kappa shape index (κ2) is 7.03. The maximum absolute atomic E-state index is 12.1. The lowest BCUT2D eigenvalue weighted by Gasteiger charge is -2.11.